The smallest absolute Gasteiger partial charge is 0.124 e. The van der Waals surface area contributed by atoms with E-state index in [0.29, 0.717) is 6.61 Å². The molecule has 5 heteroatoms. The third-order valence-electron chi connectivity index (χ3n) is 4.72. The molecule has 4 aromatic rings. The zero-order valence-electron chi connectivity index (χ0n) is 16.6. The van der Waals surface area contributed by atoms with Crippen LogP contribution in [0.25, 0.3) is 11.0 Å². The van der Waals surface area contributed by atoms with E-state index in [4.69, 9.17) is 14.5 Å². The Labute approximate surface area is 175 Å². The van der Waals surface area contributed by atoms with E-state index in [1.807, 2.05) is 60.3 Å². The van der Waals surface area contributed by atoms with Gasteiger partial charge in [0.25, 0.3) is 0 Å². The summed E-state index contributed by atoms with van der Waals surface area (Å²) in [5.41, 5.74) is 4.30. The summed E-state index contributed by atoms with van der Waals surface area (Å²) in [6, 6.07) is 24.4. The molecule has 29 heavy (non-hydrogen) atoms. The molecule has 0 aliphatic carbocycles. The van der Waals surface area contributed by atoms with Crippen molar-refractivity contribution in [3.8, 4) is 11.5 Å². The number of ether oxygens (including phenoxy) is 2. The largest absolute Gasteiger partial charge is 0.497 e. The molecule has 0 aliphatic rings. The average Bonchev–Trinajstić information content (AvgIpc) is 3.20. The summed E-state index contributed by atoms with van der Waals surface area (Å²) in [5.74, 6) is 3.64. The lowest BCUT2D eigenvalue weighted by Crippen LogP contribution is -2.00. The Kier molecular flexibility index (Phi) is 6.06. The predicted molar refractivity (Wildman–Crippen MR) is 120 cm³/mol. The number of imidazole rings is 1. The van der Waals surface area contributed by atoms with Gasteiger partial charge in [0.05, 0.1) is 23.4 Å². The van der Waals surface area contributed by atoms with E-state index in [2.05, 4.69) is 36.2 Å². The van der Waals surface area contributed by atoms with Crippen molar-refractivity contribution in [2.45, 2.75) is 18.8 Å². The van der Waals surface area contributed by atoms with Gasteiger partial charge >= 0.3 is 0 Å². The van der Waals surface area contributed by atoms with Crippen LogP contribution in [-0.2, 0) is 6.61 Å². The molecule has 1 unspecified atom stereocenters. The Balaban J connectivity index is 1.53. The Morgan fingerprint density at radius 2 is 1.72 bits per heavy atom. The zero-order valence-corrected chi connectivity index (χ0v) is 17.4. The van der Waals surface area contributed by atoms with Gasteiger partial charge in [0.1, 0.15) is 23.9 Å². The molecule has 0 fully saturated rings. The highest BCUT2D eigenvalue weighted by Crippen LogP contribution is 2.36. The van der Waals surface area contributed by atoms with Crippen LogP contribution in [0.4, 0.5) is 0 Å². The predicted octanol–water partition coefficient (Wildman–Crippen LogP) is 5.99. The quantitative estimate of drug-likeness (QED) is 0.392. The summed E-state index contributed by atoms with van der Waals surface area (Å²) in [5, 5.41) is 0.140. The van der Waals surface area contributed by atoms with Crippen LogP contribution >= 0.6 is 11.8 Å². The van der Waals surface area contributed by atoms with E-state index in [1.165, 1.54) is 5.56 Å². The van der Waals surface area contributed by atoms with Crippen molar-refractivity contribution >= 4 is 22.8 Å². The molecule has 4 rings (SSSR count). The Hall–Kier alpha value is -2.92. The molecule has 0 amide bonds. The molecule has 3 aromatic carbocycles. The number of hydrogen-bond acceptors (Lipinski definition) is 4. The third-order valence-corrected chi connectivity index (χ3v) is 5.88. The fraction of sp³-hybridized carbons (Fsp3) is 0.208. The van der Waals surface area contributed by atoms with Crippen molar-refractivity contribution in [2.24, 2.45) is 0 Å². The van der Waals surface area contributed by atoms with E-state index in [-0.39, 0.29) is 5.25 Å². The topological polar surface area (TPSA) is 47.1 Å². The number of benzene rings is 3. The highest BCUT2D eigenvalue weighted by molar-refractivity contribution is 7.99. The number of methoxy groups -OCH3 is 1. The van der Waals surface area contributed by atoms with E-state index < -0.39 is 0 Å². The number of rotatable bonds is 8. The monoisotopic (exact) mass is 404 g/mol. The molecule has 4 nitrogen and oxygen atoms in total. The second-order valence-corrected chi connectivity index (χ2v) is 8.07. The maximum Gasteiger partial charge on any atom is 0.124 e. The number of aromatic amines is 1. The number of thioether (sulfide) groups is 1. The van der Waals surface area contributed by atoms with Crippen LogP contribution in [0.2, 0.25) is 0 Å². The number of nitrogens with zero attached hydrogens (tertiary/aromatic N) is 1. The van der Waals surface area contributed by atoms with Crippen molar-refractivity contribution in [1.29, 1.82) is 0 Å². The molecule has 1 N–H and O–H groups in total. The van der Waals surface area contributed by atoms with Crippen molar-refractivity contribution in [3.63, 3.8) is 0 Å². The van der Waals surface area contributed by atoms with Crippen LogP contribution in [0, 0.1) is 0 Å². The summed E-state index contributed by atoms with van der Waals surface area (Å²) in [6.45, 7) is 2.74. The van der Waals surface area contributed by atoms with Crippen molar-refractivity contribution < 1.29 is 9.47 Å². The van der Waals surface area contributed by atoms with E-state index >= 15 is 0 Å². The van der Waals surface area contributed by atoms with Gasteiger partial charge in [0, 0.05) is 6.07 Å². The summed E-state index contributed by atoms with van der Waals surface area (Å²) >= 11 is 1.86. The van der Waals surface area contributed by atoms with Gasteiger partial charge in [0.2, 0.25) is 0 Å². The van der Waals surface area contributed by atoms with Crippen LogP contribution in [0.5, 0.6) is 11.5 Å². The first-order valence-electron chi connectivity index (χ1n) is 9.68. The molecular weight excluding hydrogens is 380 g/mol. The lowest BCUT2D eigenvalue weighted by atomic mass is 10.1. The molecule has 0 saturated heterocycles. The number of nitrogens with one attached hydrogen (secondary N) is 1. The van der Waals surface area contributed by atoms with Gasteiger partial charge < -0.3 is 14.5 Å². The number of aromatic nitrogens is 2. The van der Waals surface area contributed by atoms with Gasteiger partial charge in [-0.15, -0.1) is 11.8 Å². The number of hydrogen-bond donors (Lipinski definition) is 1. The maximum atomic E-state index is 5.92. The highest BCUT2D eigenvalue weighted by atomic mass is 32.2. The van der Waals surface area contributed by atoms with Crippen molar-refractivity contribution in [3.05, 3.63) is 89.7 Å². The average molecular weight is 405 g/mol. The SMILES string of the molecule is CCSC(c1ccc(OCc2ccccc2)cc1)c1nc2cc(OC)ccc2[nH]1. The summed E-state index contributed by atoms with van der Waals surface area (Å²) in [7, 11) is 1.67. The second-order valence-electron chi connectivity index (χ2n) is 6.68. The van der Waals surface area contributed by atoms with Crippen LogP contribution in [-0.4, -0.2) is 22.8 Å². The minimum absolute atomic E-state index is 0.140. The van der Waals surface area contributed by atoms with Gasteiger partial charge in [-0.25, -0.2) is 4.98 Å². The molecule has 1 atom stereocenters. The molecule has 0 saturated carbocycles. The fourth-order valence-corrected chi connectivity index (χ4v) is 4.19. The molecule has 0 spiro atoms. The molecule has 0 bridgehead atoms. The number of fused-ring (bicyclic) bond motifs is 1. The normalized spacial score (nSPS) is 12.1. The van der Waals surface area contributed by atoms with Crippen LogP contribution in [0.1, 0.15) is 29.1 Å². The number of H-pyrrole nitrogens is 1. The molecule has 1 heterocycles. The molecule has 0 aliphatic heterocycles. The van der Waals surface area contributed by atoms with Gasteiger partial charge in [0.15, 0.2) is 0 Å². The maximum absolute atomic E-state index is 5.92. The van der Waals surface area contributed by atoms with Crippen LogP contribution < -0.4 is 9.47 Å². The van der Waals surface area contributed by atoms with E-state index in [9.17, 15) is 0 Å². The van der Waals surface area contributed by atoms with Crippen LogP contribution in [0.15, 0.2) is 72.8 Å². The van der Waals surface area contributed by atoms with Crippen molar-refractivity contribution in [2.75, 3.05) is 12.9 Å². The van der Waals surface area contributed by atoms with Gasteiger partial charge in [-0.2, -0.15) is 0 Å². The molecule has 148 valence electrons. The molecular formula is C24H24N2O2S. The molecule has 0 radical (unpaired) electrons. The van der Waals surface area contributed by atoms with Gasteiger partial charge in [-0.05, 0) is 41.1 Å². The Morgan fingerprint density at radius 1 is 0.966 bits per heavy atom. The fourth-order valence-electron chi connectivity index (χ4n) is 3.24. The second kappa shape index (κ2) is 9.05. The first kappa shape index (κ1) is 19.4. The summed E-state index contributed by atoms with van der Waals surface area (Å²) < 4.78 is 11.2. The summed E-state index contributed by atoms with van der Waals surface area (Å²) in [4.78, 5) is 8.30. The summed E-state index contributed by atoms with van der Waals surface area (Å²) in [6.07, 6.45) is 0. The van der Waals surface area contributed by atoms with Gasteiger partial charge in [-0.3, -0.25) is 0 Å². The minimum Gasteiger partial charge on any atom is -0.497 e. The van der Waals surface area contributed by atoms with E-state index in [1.54, 1.807) is 7.11 Å². The lowest BCUT2D eigenvalue weighted by Gasteiger charge is -2.15. The lowest BCUT2D eigenvalue weighted by molar-refractivity contribution is 0.306. The van der Waals surface area contributed by atoms with Gasteiger partial charge in [-0.1, -0.05) is 49.4 Å². The third kappa shape index (κ3) is 4.57. The minimum atomic E-state index is 0.140. The zero-order chi connectivity index (χ0) is 20.1. The Bertz CT molecular complexity index is 1060. The highest BCUT2D eigenvalue weighted by Gasteiger charge is 2.18. The van der Waals surface area contributed by atoms with Crippen LogP contribution in [0.3, 0.4) is 0 Å². The first-order chi connectivity index (χ1) is 14.3. The van der Waals surface area contributed by atoms with E-state index in [0.717, 1.165) is 39.7 Å². The first-order valence-corrected chi connectivity index (χ1v) is 10.7. The Morgan fingerprint density at radius 3 is 2.45 bits per heavy atom. The van der Waals surface area contributed by atoms with Crippen molar-refractivity contribution in [1.82, 2.24) is 9.97 Å². The standard InChI is InChI=1S/C24H24N2O2S/c1-3-29-23(24-25-21-14-13-20(27-2)15-22(21)26-24)18-9-11-19(12-10-18)28-16-17-7-5-4-6-8-17/h4-15,23H,3,16H2,1-2H3,(H,25,26). The molecule has 1 aromatic heterocycles.